The number of amides is 4. The molecule has 0 aromatic heterocycles. The van der Waals surface area contributed by atoms with Crippen LogP contribution in [0.1, 0.15) is 26.2 Å². The molecule has 1 heterocycles. The second-order valence-corrected chi connectivity index (χ2v) is 3.96. The van der Waals surface area contributed by atoms with Crippen molar-refractivity contribution in [2.75, 3.05) is 0 Å². The highest BCUT2D eigenvalue weighted by Crippen LogP contribution is 2.34. The first-order valence-corrected chi connectivity index (χ1v) is 4.78. The average Bonchev–Trinajstić information content (AvgIpc) is 2.83. The zero-order chi connectivity index (χ0) is 10.3. The number of rotatable bonds is 3. The highest BCUT2D eigenvalue weighted by Gasteiger charge is 2.41. The van der Waals surface area contributed by atoms with Gasteiger partial charge in [0.15, 0.2) is 0 Å². The van der Waals surface area contributed by atoms with Crippen molar-refractivity contribution in [2.24, 2.45) is 5.92 Å². The molecule has 5 nitrogen and oxygen atoms in total. The molecule has 0 aromatic rings. The number of imide groups is 2. The van der Waals surface area contributed by atoms with Gasteiger partial charge in [-0.05, 0) is 19.3 Å². The van der Waals surface area contributed by atoms with E-state index in [2.05, 4.69) is 0 Å². The maximum atomic E-state index is 11.3. The van der Waals surface area contributed by atoms with Crippen LogP contribution in [0.3, 0.4) is 0 Å². The van der Waals surface area contributed by atoms with E-state index in [0.29, 0.717) is 5.92 Å². The fourth-order valence-electron chi connectivity index (χ4n) is 1.75. The first-order chi connectivity index (χ1) is 6.59. The summed E-state index contributed by atoms with van der Waals surface area (Å²) in [5.74, 6) is -0.901. The lowest BCUT2D eigenvalue weighted by molar-refractivity contribution is -0.141. The van der Waals surface area contributed by atoms with Gasteiger partial charge < -0.3 is 0 Å². The van der Waals surface area contributed by atoms with Gasteiger partial charge in [-0.15, -0.1) is 0 Å². The molecule has 1 aliphatic heterocycles. The Kier molecular flexibility index (Phi) is 2.02. The summed E-state index contributed by atoms with van der Waals surface area (Å²) in [6, 6.07) is -0.741. The Morgan fingerprint density at radius 2 is 2.07 bits per heavy atom. The quantitative estimate of drug-likeness (QED) is 0.520. The van der Waals surface area contributed by atoms with Gasteiger partial charge in [0.05, 0.1) is 0 Å². The predicted molar refractivity (Wildman–Crippen MR) is 47.2 cm³/mol. The Labute approximate surface area is 81.4 Å². The van der Waals surface area contributed by atoms with Crippen LogP contribution in [-0.2, 0) is 9.59 Å². The third-order valence-electron chi connectivity index (χ3n) is 2.66. The molecule has 0 bridgehead atoms. The van der Waals surface area contributed by atoms with E-state index in [-0.39, 0.29) is 6.04 Å². The van der Waals surface area contributed by atoms with E-state index in [1.807, 2.05) is 5.32 Å². The number of nitrogens with one attached hydrogen (secondary N) is 1. The molecule has 76 valence electrons. The molecule has 1 saturated carbocycles. The van der Waals surface area contributed by atoms with Crippen molar-refractivity contribution in [1.29, 1.82) is 0 Å². The molecule has 0 spiro atoms. The first kappa shape index (κ1) is 9.18. The van der Waals surface area contributed by atoms with Crippen molar-refractivity contribution in [1.82, 2.24) is 10.2 Å². The Hall–Kier alpha value is -1.39. The topological polar surface area (TPSA) is 66.5 Å². The molecular formula is C9H12N2O3. The van der Waals surface area contributed by atoms with Gasteiger partial charge in [0.25, 0.3) is 0 Å². The van der Waals surface area contributed by atoms with Gasteiger partial charge in [-0.1, -0.05) is 12.8 Å². The molecule has 1 unspecified atom stereocenters. The number of carbonyl (C=O) groups excluding carboxylic acids is 3. The molecule has 2 rings (SSSR count). The van der Waals surface area contributed by atoms with Gasteiger partial charge in [0.2, 0.25) is 0 Å². The van der Waals surface area contributed by atoms with Crippen molar-refractivity contribution in [2.45, 2.75) is 32.2 Å². The summed E-state index contributed by atoms with van der Waals surface area (Å²) >= 11 is 0. The van der Waals surface area contributed by atoms with Crippen molar-refractivity contribution >= 4 is 17.8 Å². The summed E-state index contributed by atoms with van der Waals surface area (Å²) in [4.78, 5) is 34.4. The molecule has 1 atom stereocenters. The lowest BCUT2D eigenvalue weighted by atomic mass is 10.1. The Bertz CT molecular complexity index is 309. The van der Waals surface area contributed by atoms with E-state index in [4.69, 9.17) is 0 Å². The van der Waals surface area contributed by atoms with Gasteiger partial charge in [0, 0.05) is 6.04 Å². The fourth-order valence-corrected chi connectivity index (χ4v) is 1.75. The minimum absolute atomic E-state index is 0.165. The van der Waals surface area contributed by atoms with Crippen LogP contribution < -0.4 is 5.32 Å². The third-order valence-corrected chi connectivity index (χ3v) is 2.66. The largest absolute Gasteiger partial charge is 0.331 e. The smallest absolute Gasteiger partial charge is 0.269 e. The molecule has 0 radical (unpaired) electrons. The monoisotopic (exact) mass is 196 g/mol. The van der Waals surface area contributed by atoms with Crippen LogP contribution in [0.25, 0.3) is 0 Å². The second-order valence-electron chi connectivity index (χ2n) is 3.96. The van der Waals surface area contributed by atoms with Crippen LogP contribution in [0, 0.1) is 5.92 Å². The molecule has 0 aromatic carbocycles. The summed E-state index contributed by atoms with van der Waals surface area (Å²) in [5.41, 5.74) is 0. The van der Waals surface area contributed by atoms with Crippen molar-refractivity contribution in [3.8, 4) is 0 Å². The SMILES string of the molecule is CC(CC1CC1)N1C(=O)NC(=O)C1=O. The van der Waals surface area contributed by atoms with Crippen LogP contribution >= 0.6 is 0 Å². The summed E-state index contributed by atoms with van der Waals surface area (Å²) in [6.45, 7) is 1.80. The zero-order valence-electron chi connectivity index (χ0n) is 7.95. The van der Waals surface area contributed by atoms with Crippen LogP contribution in [0.15, 0.2) is 0 Å². The molecule has 1 aliphatic carbocycles. The lowest BCUT2D eigenvalue weighted by Crippen LogP contribution is -2.39. The number of hydrogen-bond donors (Lipinski definition) is 1. The van der Waals surface area contributed by atoms with Crippen molar-refractivity contribution in [3.05, 3.63) is 0 Å². The standard InChI is InChI=1S/C9H12N2O3/c1-5(4-6-2-3-6)11-8(13)7(12)10-9(11)14/h5-6H,2-4H2,1H3,(H,10,12,14). The van der Waals surface area contributed by atoms with Gasteiger partial charge >= 0.3 is 17.8 Å². The molecule has 4 amide bonds. The molecular weight excluding hydrogens is 184 g/mol. The Morgan fingerprint density at radius 1 is 1.43 bits per heavy atom. The molecule has 5 heteroatoms. The number of carbonyl (C=O) groups is 3. The Morgan fingerprint density at radius 3 is 2.50 bits per heavy atom. The number of hydrogen-bond acceptors (Lipinski definition) is 3. The normalized spacial score (nSPS) is 24.1. The molecule has 14 heavy (non-hydrogen) atoms. The van der Waals surface area contributed by atoms with Gasteiger partial charge in [-0.2, -0.15) is 0 Å². The van der Waals surface area contributed by atoms with Crippen molar-refractivity contribution < 1.29 is 14.4 Å². The summed E-state index contributed by atoms with van der Waals surface area (Å²) in [6.07, 6.45) is 3.15. The third kappa shape index (κ3) is 1.49. The minimum atomic E-state index is -0.808. The molecule has 2 fully saturated rings. The Balaban J connectivity index is 2.04. The van der Waals surface area contributed by atoms with E-state index in [0.717, 1.165) is 11.3 Å². The number of nitrogens with zero attached hydrogens (tertiary/aromatic N) is 1. The molecule has 2 aliphatic rings. The van der Waals surface area contributed by atoms with E-state index < -0.39 is 17.8 Å². The molecule has 1 N–H and O–H groups in total. The predicted octanol–water partition coefficient (Wildman–Crippen LogP) is 0.253. The van der Waals surface area contributed by atoms with E-state index in [1.165, 1.54) is 12.8 Å². The highest BCUT2D eigenvalue weighted by atomic mass is 16.2. The summed E-state index contributed by atoms with van der Waals surface area (Å²) < 4.78 is 0. The molecule has 1 saturated heterocycles. The van der Waals surface area contributed by atoms with Crippen LogP contribution in [0.5, 0.6) is 0 Å². The fraction of sp³-hybridized carbons (Fsp3) is 0.667. The van der Waals surface area contributed by atoms with Gasteiger partial charge in [-0.25, -0.2) is 4.79 Å². The maximum Gasteiger partial charge on any atom is 0.331 e. The highest BCUT2D eigenvalue weighted by molar-refractivity contribution is 6.44. The average molecular weight is 196 g/mol. The maximum absolute atomic E-state index is 11.3. The van der Waals surface area contributed by atoms with Crippen LogP contribution in [0.2, 0.25) is 0 Å². The van der Waals surface area contributed by atoms with Crippen molar-refractivity contribution in [3.63, 3.8) is 0 Å². The minimum Gasteiger partial charge on any atom is -0.269 e. The lowest BCUT2D eigenvalue weighted by Gasteiger charge is -2.19. The van der Waals surface area contributed by atoms with Gasteiger partial charge in [-0.3, -0.25) is 19.8 Å². The summed E-state index contributed by atoms with van der Waals surface area (Å²) in [5, 5.41) is 1.99. The summed E-state index contributed by atoms with van der Waals surface area (Å²) in [7, 11) is 0. The van der Waals surface area contributed by atoms with E-state index >= 15 is 0 Å². The van der Waals surface area contributed by atoms with Crippen LogP contribution in [-0.4, -0.2) is 28.8 Å². The van der Waals surface area contributed by atoms with E-state index in [9.17, 15) is 14.4 Å². The first-order valence-electron chi connectivity index (χ1n) is 4.78. The van der Waals surface area contributed by atoms with E-state index in [1.54, 1.807) is 6.92 Å². The van der Waals surface area contributed by atoms with Gasteiger partial charge in [0.1, 0.15) is 0 Å². The van der Waals surface area contributed by atoms with Crippen LogP contribution in [0.4, 0.5) is 4.79 Å². The zero-order valence-corrected chi connectivity index (χ0v) is 7.95. The number of urea groups is 1. The second kappa shape index (κ2) is 3.08.